The largest absolute Gasteiger partial charge is 0.303 e. The topological polar surface area (TPSA) is 42.9 Å². The van der Waals surface area contributed by atoms with Crippen LogP contribution in [0.25, 0.3) is 22.5 Å². The molecule has 0 saturated carbocycles. The molecule has 0 bridgehead atoms. The van der Waals surface area contributed by atoms with Gasteiger partial charge in [0.15, 0.2) is 0 Å². The molecular weight excluding hydrogens is 260 g/mol. The molecule has 1 aromatic heterocycles. The molecular formula is C18H14N2O. The molecule has 0 aliphatic carbocycles. The normalized spacial score (nSPS) is 10.3. The predicted molar refractivity (Wildman–Crippen MR) is 82.7 cm³/mol. The van der Waals surface area contributed by atoms with Crippen molar-refractivity contribution in [2.24, 2.45) is 0 Å². The number of aromatic nitrogens is 2. The Bertz CT molecular complexity index is 740. The van der Waals surface area contributed by atoms with Crippen LogP contribution >= 0.6 is 0 Å². The molecule has 0 aliphatic rings. The fourth-order valence-electron chi connectivity index (χ4n) is 2.21. The van der Waals surface area contributed by atoms with E-state index in [0.29, 0.717) is 5.69 Å². The van der Waals surface area contributed by atoms with Gasteiger partial charge in [-0.15, -0.1) is 0 Å². The molecule has 3 aromatic rings. The Morgan fingerprint density at radius 3 is 1.95 bits per heavy atom. The van der Waals surface area contributed by atoms with E-state index in [1.807, 2.05) is 60.7 Å². The first-order chi connectivity index (χ1) is 10.4. The lowest BCUT2D eigenvalue weighted by molar-refractivity contribution is -0.107. The van der Waals surface area contributed by atoms with Crippen molar-refractivity contribution >= 4 is 6.29 Å². The molecule has 0 atom stereocenters. The zero-order valence-corrected chi connectivity index (χ0v) is 11.4. The second kappa shape index (κ2) is 6.09. The molecule has 0 amide bonds. The number of benzene rings is 2. The molecule has 21 heavy (non-hydrogen) atoms. The molecule has 3 rings (SSSR count). The summed E-state index contributed by atoms with van der Waals surface area (Å²) in [6.45, 7) is 0. The number of hydrogen-bond donors (Lipinski definition) is 0. The van der Waals surface area contributed by atoms with Gasteiger partial charge in [0.25, 0.3) is 0 Å². The summed E-state index contributed by atoms with van der Waals surface area (Å²) in [5, 5.41) is 0. The number of nitrogens with zero attached hydrogens (tertiary/aromatic N) is 2. The van der Waals surface area contributed by atoms with Crippen LogP contribution in [0.15, 0.2) is 66.9 Å². The summed E-state index contributed by atoms with van der Waals surface area (Å²) >= 11 is 0. The molecule has 0 fully saturated rings. The minimum Gasteiger partial charge on any atom is -0.303 e. The van der Waals surface area contributed by atoms with Crippen molar-refractivity contribution in [1.29, 1.82) is 0 Å². The standard InChI is InChI=1S/C18H14N2O/c21-12-11-16-13-19-17(14-7-3-1-4-8-14)18(20-16)15-9-5-2-6-10-15/h1-10,12-13H,11H2. The van der Waals surface area contributed by atoms with Gasteiger partial charge in [-0.25, -0.2) is 4.98 Å². The number of carbonyl (C=O) groups excluding carboxylic acids is 1. The van der Waals surface area contributed by atoms with Crippen molar-refractivity contribution < 1.29 is 4.79 Å². The third kappa shape index (κ3) is 2.87. The molecule has 1 heterocycles. The zero-order valence-electron chi connectivity index (χ0n) is 11.4. The maximum atomic E-state index is 10.7. The van der Waals surface area contributed by atoms with E-state index in [1.54, 1.807) is 6.20 Å². The van der Waals surface area contributed by atoms with Crippen LogP contribution in [0.3, 0.4) is 0 Å². The van der Waals surface area contributed by atoms with E-state index in [2.05, 4.69) is 9.97 Å². The van der Waals surface area contributed by atoms with Gasteiger partial charge in [-0.3, -0.25) is 4.98 Å². The molecule has 3 nitrogen and oxygen atoms in total. The number of hydrogen-bond acceptors (Lipinski definition) is 3. The third-order valence-electron chi connectivity index (χ3n) is 3.21. The summed E-state index contributed by atoms with van der Waals surface area (Å²) in [7, 11) is 0. The van der Waals surface area contributed by atoms with Crippen LogP contribution in [0, 0.1) is 0 Å². The maximum Gasteiger partial charge on any atom is 0.125 e. The SMILES string of the molecule is O=CCc1cnc(-c2ccccc2)c(-c2ccccc2)n1. The minimum atomic E-state index is 0.280. The molecule has 102 valence electrons. The van der Waals surface area contributed by atoms with Crippen molar-refractivity contribution in [2.45, 2.75) is 6.42 Å². The molecule has 3 heteroatoms. The Hall–Kier alpha value is -2.81. The summed E-state index contributed by atoms with van der Waals surface area (Å²) in [4.78, 5) is 19.8. The lowest BCUT2D eigenvalue weighted by atomic mass is 10.0. The second-order valence-electron chi connectivity index (χ2n) is 4.66. The number of rotatable bonds is 4. The van der Waals surface area contributed by atoms with E-state index in [9.17, 15) is 4.79 Å². The highest BCUT2D eigenvalue weighted by Gasteiger charge is 2.11. The minimum absolute atomic E-state index is 0.280. The first kappa shape index (κ1) is 13.2. The summed E-state index contributed by atoms with van der Waals surface area (Å²) in [5.74, 6) is 0. The van der Waals surface area contributed by atoms with Crippen LogP contribution in [-0.2, 0) is 11.2 Å². The van der Waals surface area contributed by atoms with Crippen molar-refractivity contribution in [3.05, 3.63) is 72.6 Å². The third-order valence-corrected chi connectivity index (χ3v) is 3.21. The molecule has 0 aliphatic heterocycles. The summed E-state index contributed by atoms with van der Waals surface area (Å²) in [6.07, 6.45) is 2.80. The van der Waals surface area contributed by atoms with E-state index < -0.39 is 0 Å². The number of carbonyl (C=O) groups is 1. The van der Waals surface area contributed by atoms with Crippen LogP contribution in [0.5, 0.6) is 0 Å². The Morgan fingerprint density at radius 2 is 1.38 bits per heavy atom. The summed E-state index contributed by atoms with van der Waals surface area (Å²) < 4.78 is 0. The van der Waals surface area contributed by atoms with Gasteiger partial charge in [0.05, 0.1) is 17.1 Å². The lowest BCUT2D eigenvalue weighted by Crippen LogP contribution is -1.99. The Labute approximate surface area is 123 Å². The van der Waals surface area contributed by atoms with Gasteiger partial charge in [-0.05, 0) is 0 Å². The van der Waals surface area contributed by atoms with Gasteiger partial charge in [-0.1, -0.05) is 60.7 Å². The van der Waals surface area contributed by atoms with E-state index >= 15 is 0 Å². The van der Waals surface area contributed by atoms with E-state index in [1.165, 1.54) is 0 Å². The Kier molecular flexibility index (Phi) is 3.83. The van der Waals surface area contributed by atoms with Crippen molar-refractivity contribution in [1.82, 2.24) is 9.97 Å². The number of aldehydes is 1. The summed E-state index contributed by atoms with van der Waals surface area (Å²) in [6, 6.07) is 19.9. The molecule has 0 saturated heterocycles. The van der Waals surface area contributed by atoms with Gasteiger partial charge < -0.3 is 4.79 Å². The van der Waals surface area contributed by atoms with Crippen molar-refractivity contribution in [2.75, 3.05) is 0 Å². The highest BCUT2D eigenvalue weighted by molar-refractivity contribution is 5.77. The van der Waals surface area contributed by atoms with E-state index in [0.717, 1.165) is 28.8 Å². The highest BCUT2D eigenvalue weighted by Crippen LogP contribution is 2.28. The Morgan fingerprint density at radius 1 is 0.810 bits per heavy atom. The molecule has 2 aromatic carbocycles. The van der Waals surface area contributed by atoms with Gasteiger partial charge >= 0.3 is 0 Å². The monoisotopic (exact) mass is 274 g/mol. The van der Waals surface area contributed by atoms with Crippen molar-refractivity contribution in [3.63, 3.8) is 0 Å². The van der Waals surface area contributed by atoms with Gasteiger partial charge in [0, 0.05) is 23.7 Å². The predicted octanol–water partition coefficient (Wildman–Crippen LogP) is 3.55. The van der Waals surface area contributed by atoms with E-state index in [4.69, 9.17) is 0 Å². The Balaban J connectivity index is 2.18. The van der Waals surface area contributed by atoms with Gasteiger partial charge in [0.1, 0.15) is 6.29 Å². The molecule has 0 N–H and O–H groups in total. The van der Waals surface area contributed by atoms with Crippen LogP contribution in [-0.4, -0.2) is 16.3 Å². The summed E-state index contributed by atoms with van der Waals surface area (Å²) in [5.41, 5.74) is 4.33. The molecule has 0 spiro atoms. The van der Waals surface area contributed by atoms with Gasteiger partial charge in [0.2, 0.25) is 0 Å². The van der Waals surface area contributed by atoms with E-state index in [-0.39, 0.29) is 6.42 Å². The van der Waals surface area contributed by atoms with Gasteiger partial charge in [-0.2, -0.15) is 0 Å². The lowest BCUT2D eigenvalue weighted by Gasteiger charge is -2.09. The zero-order chi connectivity index (χ0) is 14.5. The van der Waals surface area contributed by atoms with Crippen molar-refractivity contribution in [3.8, 4) is 22.5 Å². The fourth-order valence-corrected chi connectivity index (χ4v) is 2.21. The maximum absolute atomic E-state index is 10.7. The van der Waals surface area contributed by atoms with Crippen LogP contribution in [0.1, 0.15) is 5.69 Å². The first-order valence-corrected chi connectivity index (χ1v) is 6.79. The van der Waals surface area contributed by atoms with Crippen LogP contribution in [0.4, 0.5) is 0 Å². The molecule has 0 radical (unpaired) electrons. The smallest absolute Gasteiger partial charge is 0.125 e. The highest BCUT2D eigenvalue weighted by atomic mass is 16.1. The quantitative estimate of drug-likeness (QED) is 0.683. The average molecular weight is 274 g/mol. The van der Waals surface area contributed by atoms with Crippen LogP contribution in [0.2, 0.25) is 0 Å². The average Bonchev–Trinajstić information content (AvgIpc) is 2.57. The second-order valence-corrected chi connectivity index (χ2v) is 4.66. The van der Waals surface area contributed by atoms with Crippen LogP contribution < -0.4 is 0 Å². The molecule has 0 unspecified atom stereocenters. The fraction of sp³-hybridized carbons (Fsp3) is 0.0556. The first-order valence-electron chi connectivity index (χ1n) is 6.79.